The Balaban J connectivity index is 4.34. The molecule has 0 saturated heterocycles. The van der Waals surface area contributed by atoms with Gasteiger partial charge in [0, 0.05) is 6.54 Å². The molecule has 0 aromatic rings. The van der Waals surface area contributed by atoms with E-state index in [1.807, 2.05) is 0 Å². The third kappa shape index (κ3) is 3.11. The van der Waals surface area contributed by atoms with Crippen LogP contribution < -0.4 is 11.5 Å². The van der Waals surface area contributed by atoms with Gasteiger partial charge in [-0.25, -0.2) is 0 Å². The van der Waals surface area contributed by atoms with E-state index in [4.69, 9.17) is 11.5 Å². The summed E-state index contributed by atoms with van der Waals surface area (Å²) in [5, 5.41) is 0. The lowest BCUT2D eigenvalue weighted by molar-refractivity contribution is 0.143. The fourth-order valence-corrected chi connectivity index (χ4v) is 0.526. The molecular formula is C9H21N3. The molecule has 0 aliphatic rings. The molecule has 0 atom stereocenters. The summed E-state index contributed by atoms with van der Waals surface area (Å²) in [7, 11) is 0. The zero-order valence-corrected chi connectivity index (χ0v) is 8.81. The van der Waals surface area contributed by atoms with Gasteiger partial charge < -0.3 is 11.5 Å². The second-order valence-corrected chi connectivity index (χ2v) is 4.87. The number of nitrogens with zero attached hydrogens (tertiary/aromatic N) is 1. The van der Waals surface area contributed by atoms with Crippen molar-refractivity contribution < 1.29 is 0 Å². The van der Waals surface area contributed by atoms with Crippen LogP contribution in [0.1, 0.15) is 34.6 Å². The van der Waals surface area contributed by atoms with E-state index in [1.54, 1.807) is 0 Å². The number of aliphatic imine (C=N–C) groups is 1. The van der Waals surface area contributed by atoms with Gasteiger partial charge in [-0.15, -0.1) is 0 Å². The van der Waals surface area contributed by atoms with Crippen molar-refractivity contribution in [1.29, 1.82) is 0 Å². The molecule has 0 bridgehead atoms. The van der Waals surface area contributed by atoms with Gasteiger partial charge in [-0.2, -0.15) is 0 Å². The Morgan fingerprint density at radius 2 is 1.50 bits per heavy atom. The first-order chi connectivity index (χ1) is 5.17. The molecule has 0 spiro atoms. The monoisotopic (exact) mass is 171 g/mol. The van der Waals surface area contributed by atoms with Crippen LogP contribution in [-0.4, -0.2) is 12.5 Å². The van der Waals surface area contributed by atoms with Gasteiger partial charge in [0.2, 0.25) is 0 Å². The van der Waals surface area contributed by atoms with Gasteiger partial charge in [-0.3, -0.25) is 4.99 Å². The van der Waals surface area contributed by atoms with Crippen LogP contribution in [0.25, 0.3) is 0 Å². The van der Waals surface area contributed by atoms with Crippen LogP contribution in [0, 0.1) is 10.8 Å². The number of hydrogen-bond donors (Lipinski definition) is 2. The molecular weight excluding hydrogens is 150 g/mol. The Hall–Kier alpha value is -0.730. The molecule has 12 heavy (non-hydrogen) atoms. The SMILES string of the molecule is CC(C)(C)C(C)(C)CN=C(N)N. The summed E-state index contributed by atoms with van der Waals surface area (Å²) >= 11 is 0. The minimum absolute atomic E-state index is 0.122. The van der Waals surface area contributed by atoms with Gasteiger partial charge in [0.15, 0.2) is 5.96 Å². The Labute approximate surface area is 75.2 Å². The van der Waals surface area contributed by atoms with Gasteiger partial charge in [0.25, 0.3) is 0 Å². The van der Waals surface area contributed by atoms with Crippen molar-refractivity contribution in [3.8, 4) is 0 Å². The maximum absolute atomic E-state index is 5.27. The van der Waals surface area contributed by atoms with Crippen molar-refractivity contribution in [3.05, 3.63) is 0 Å². The molecule has 3 heteroatoms. The maximum Gasteiger partial charge on any atom is 0.185 e. The highest BCUT2D eigenvalue weighted by atomic mass is 15.0. The van der Waals surface area contributed by atoms with Crippen LogP contribution in [0.3, 0.4) is 0 Å². The van der Waals surface area contributed by atoms with E-state index in [0.717, 1.165) is 0 Å². The van der Waals surface area contributed by atoms with E-state index in [9.17, 15) is 0 Å². The highest BCUT2D eigenvalue weighted by Crippen LogP contribution is 2.37. The Morgan fingerprint density at radius 3 is 1.75 bits per heavy atom. The average molecular weight is 171 g/mol. The zero-order valence-electron chi connectivity index (χ0n) is 8.81. The average Bonchev–Trinajstić information content (AvgIpc) is 1.81. The summed E-state index contributed by atoms with van der Waals surface area (Å²) < 4.78 is 0. The molecule has 0 heterocycles. The van der Waals surface area contributed by atoms with Gasteiger partial charge in [0.05, 0.1) is 0 Å². The second-order valence-electron chi connectivity index (χ2n) is 4.87. The lowest BCUT2D eigenvalue weighted by Gasteiger charge is -2.37. The summed E-state index contributed by atoms with van der Waals surface area (Å²) in [5.74, 6) is 0.173. The number of guanidine groups is 1. The van der Waals surface area contributed by atoms with Crippen LogP contribution >= 0.6 is 0 Å². The first-order valence-electron chi connectivity index (χ1n) is 4.22. The van der Waals surface area contributed by atoms with Gasteiger partial charge >= 0.3 is 0 Å². The topological polar surface area (TPSA) is 64.4 Å². The highest BCUT2D eigenvalue weighted by Gasteiger charge is 2.32. The van der Waals surface area contributed by atoms with E-state index in [-0.39, 0.29) is 16.8 Å². The van der Waals surface area contributed by atoms with E-state index in [2.05, 4.69) is 39.6 Å². The second kappa shape index (κ2) is 3.33. The largest absolute Gasteiger partial charge is 0.370 e. The summed E-state index contributed by atoms with van der Waals surface area (Å²) in [6, 6.07) is 0. The predicted molar refractivity (Wildman–Crippen MR) is 53.9 cm³/mol. The Bertz CT molecular complexity index is 171. The molecule has 0 aliphatic carbocycles. The molecule has 72 valence electrons. The minimum Gasteiger partial charge on any atom is -0.370 e. The molecule has 0 amide bonds. The van der Waals surface area contributed by atoms with Crippen molar-refractivity contribution in [2.45, 2.75) is 34.6 Å². The highest BCUT2D eigenvalue weighted by molar-refractivity contribution is 5.75. The van der Waals surface area contributed by atoms with Crippen molar-refractivity contribution in [2.24, 2.45) is 27.3 Å². The summed E-state index contributed by atoms with van der Waals surface area (Å²) in [6.45, 7) is 11.6. The van der Waals surface area contributed by atoms with Crippen LogP contribution in [0.2, 0.25) is 0 Å². The third-order valence-electron chi connectivity index (χ3n) is 2.69. The van der Waals surface area contributed by atoms with Crippen LogP contribution in [0.4, 0.5) is 0 Å². The fraction of sp³-hybridized carbons (Fsp3) is 0.889. The van der Waals surface area contributed by atoms with E-state index >= 15 is 0 Å². The van der Waals surface area contributed by atoms with Crippen LogP contribution in [0.15, 0.2) is 4.99 Å². The predicted octanol–water partition coefficient (Wildman–Crippen LogP) is 1.33. The standard InChI is InChI=1S/C9H21N3/c1-8(2,3)9(4,5)6-12-7(10)11/h6H2,1-5H3,(H4,10,11,12). The molecule has 4 N–H and O–H groups in total. The normalized spacial score (nSPS) is 12.8. The molecule has 0 saturated carbocycles. The van der Waals surface area contributed by atoms with Gasteiger partial charge in [0.1, 0.15) is 0 Å². The summed E-state index contributed by atoms with van der Waals surface area (Å²) in [6.07, 6.45) is 0. The molecule has 0 radical (unpaired) electrons. The van der Waals surface area contributed by atoms with Gasteiger partial charge in [-0.05, 0) is 10.8 Å². The molecule has 0 aromatic carbocycles. The molecule has 0 rings (SSSR count). The Morgan fingerprint density at radius 1 is 1.08 bits per heavy atom. The van der Waals surface area contributed by atoms with E-state index in [0.29, 0.717) is 6.54 Å². The van der Waals surface area contributed by atoms with Crippen LogP contribution in [0.5, 0.6) is 0 Å². The van der Waals surface area contributed by atoms with Crippen molar-refractivity contribution in [1.82, 2.24) is 0 Å². The summed E-state index contributed by atoms with van der Waals surface area (Å²) in [4.78, 5) is 4.03. The lowest BCUT2D eigenvalue weighted by atomic mass is 9.69. The quantitative estimate of drug-likeness (QED) is 0.486. The first-order valence-corrected chi connectivity index (χ1v) is 4.22. The maximum atomic E-state index is 5.27. The van der Waals surface area contributed by atoms with Crippen LogP contribution in [-0.2, 0) is 0 Å². The molecule has 3 nitrogen and oxygen atoms in total. The number of hydrogen-bond acceptors (Lipinski definition) is 1. The number of rotatable bonds is 2. The minimum atomic E-state index is 0.122. The first kappa shape index (κ1) is 11.3. The fourth-order valence-electron chi connectivity index (χ4n) is 0.526. The molecule has 0 aromatic heterocycles. The third-order valence-corrected chi connectivity index (χ3v) is 2.69. The van der Waals surface area contributed by atoms with Crippen molar-refractivity contribution in [2.75, 3.05) is 6.54 Å². The smallest absolute Gasteiger partial charge is 0.185 e. The van der Waals surface area contributed by atoms with E-state index in [1.165, 1.54) is 0 Å². The zero-order chi connectivity index (χ0) is 9.99. The Kier molecular flexibility index (Phi) is 3.13. The van der Waals surface area contributed by atoms with Gasteiger partial charge in [-0.1, -0.05) is 34.6 Å². The molecule has 0 fully saturated rings. The van der Waals surface area contributed by atoms with Crippen molar-refractivity contribution >= 4 is 5.96 Å². The summed E-state index contributed by atoms with van der Waals surface area (Å²) in [5.41, 5.74) is 10.9. The number of nitrogens with two attached hydrogens (primary N) is 2. The van der Waals surface area contributed by atoms with E-state index < -0.39 is 0 Å². The molecule has 0 unspecified atom stereocenters. The lowest BCUT2D eigenvalue weighted by Crippen LogP contribution is -2.34. The van der Waals surface area contributed by atoms with Crippen molar-refractivity contribution in [3.63, 3.8) is 0 Å². The molecule has 0 aliphatic heterocycles.